The molecule has 2 atom stereocenters. The van der Waals surface area contributed by atoms with Crippen molar-refractivity contribution in [3.63, 3.8) is 0 Å². The number of pyridine rings is 1. The lowest BCUT2D eigenvalue weighted by Gasteiger charge is -2.24. The first kappa shape index (κ1) is 22.2. The Kier molecular flexibility index (Phi) is 5.21. The Morgan fingerprint density at radius 2 is 2.00 bits per heavy atom. The van der Waals surface area contributed by atoms with Gasteiger partial charge >= 0.3 is 6.09 Å². The van der Waals surface area contributed by atoms with E-state index in [2.05, 4.69) is 9.97 Å². The Labute approximate surface area is 195 Å². The molecule has 178 valence electrons. The number of ether oxygens (including phenoxy) is 1. The van der Waals surface area contributed by atoms with Gasteiger partial charge < -0.3 is 20.6 Å². The van der Waals surface area contributed by atoms with Crippen molar-refractivity contribution in [3.05, 3.63) is 54.1 Å². The number of aromatic nitrogens is 4. The summed E-state index contributed by atoms with van der Waals surface area (Å²) < 4.78 is 34.8. The van der Waals surface area contributed by atoms with Crippen molar-refractivity contribution in [3.8, 4) is 0 Å². The number of hydrogen-bond acceptors (Lipinski definition) is 8. The molecule has 0 aliphatic carbocycles. The predicted octanol–water partition coefficient (Wildman–Crippen LogP) is 1.79. The summed E-state index contributed by atoms with van der Waals surface area (Å²) in [5, 5.41) is 12.9. The van der Waals surface area contributed by atoms with Crippen LogP contribution in [0.3, 0.4) is 0 Å². The number of primary amides is 1. The molecule has 0 radical (unpaired) electrons. The Bertz CT molecular complexity index is 1510. The van der Waals surface area contributed by atoms with E-state index in [4.69, 9.17) is 10.5 Å². The van der Waals surface area contributed by atoms with E-state index >= 15 is 0 Å². The molecule has 11 nitrogen and oxygen atoms in total. The van der Waals surface area contributed by atoms with Crippen LogP contribution in [0.5, 0.6) is 0 Å². The summed E-state index contributed by atoms with van der Waals surface area (Å²) in [7, 11) is -3.88. The summed E-state index contributed by atoms with van der Waals surface area (Å²) in [4.78, 5) is 20.3. The number of nitrogens with zero attached hydrogens (tertiary/aromatic N) is 5. The van der Waals surface area contributed by atoms with Gasteiger partial charge in [-0.15, -0.1) is 0 Å². The molecule has 1 saturated heterocycles. The average molecular weight is 485 g/mol. The Hall–Kier alpha value is -3.64. The van der Waals surface area contributed by atoms with Crippen molar-refractivity contribution in [2.24, 2.45) is 5.73 Å². The second-order valence-electron chi connectivity index (χ2n) is 8.38. The Balaban J connectivity index is 1.67. The van der Waals surface area contributed by atoms with E-state index in [-0.39, 0.29) is 10.5 Å². The minimum Gasteiger partial charge on any atom is -0.444 e. The molecule has 1 aliphatic rings. The van der Waals surface area contributed by atoms with Crippen molar-refractivity contribution in [1.29, 1.82) is 0 Å². The van der Waals surface area contributed by atoms with Crippen molar-refractivity contribution in [2.45, 2.75) is 37.4 Å². The molecule has 12 heteroatoms. The van der Waals surface area contributed by atoms with Gasteiger partial charge in [0.05, 0.1) is 17.6 Å². The van der Waals surface area contributed by atoms with Gasteiger partial charge in [0.2, 0.25) is 0 Å². The van der Waals surface area contributed by atoms with Gasteiger partial charge in [0.15, 0.2) is 11.5 Å². The first-order valence-electron chi connectivity index (χ1n) is 10.8. The van der Waals surface area contributed by atoms with Gasteiger partial charge in [0.1, 0.15) is 23.2 Å². The SMILES string of the molecule is Cc1ccc(S(=O)(=O)n2ccc3c2ncc2nc(C(C)O)n(N4CC[C@H](OC(N)=O)C4)c23)cc1. The zero-order valence-electron chi connectivity index (χ0n) is 18.6. The standard InChI is InChI=1S/C22H24N6O5S/c1-13-3-5-16(6-4-13)34(31,32)27-10-8-17-19-18(11-24-21(17)27)25-20(14(2)29)28(19)26-9-7-15(12-26)33-22(23)30/h3-6,8,10-11,14-15,29H,7,9,12H2,1-2H3,(H2,23,30)/t14?,15-/m0/s1. The van der Waals surface area contributed by atoms with Crippen molar-refractivity contribution in [1.82, 2.24) is 18.6 Å². The molecule has 1 amide bonds. The highest BCUT2D eigenvalue weighted by Gasteiger charge is 2.31. The lowest BCUT2D eigenvalue weighted by molar-refractivity contribution is 0.116. The van der Waals surface area contributed by atoms with Gasteiger partial charge in [-0.2, -0.15) is 0 Å². The summed E-state index contributed by atoms with van der Waals surface area (Å²) in [5.41, 5.74) is 7.49. The number of nitrogens with two attached hydrogens (primary N) is 1. The third kappa shape index (κ3) is 3.55. The minimum absolute atomic E-state index is 0.154. The largest absolute Gasteiger partial charge is 0.444 e. The smallest absolute Gasteiger partial charge is 0.404 e. The van der Waals surface area contributed by atoms with Crippen LogP contribution in [0.4, 0.5) is 4.79 Å². The Morgan fingerprint density at radius 1 is 1.26 bits per heavy atom. The highest BCUT2D eigenvalue weighted by molar-refractivity contribution is 7.90. The van der Waals surface area contributed by atoms with E-state index in [0.717, 1.165) is 9.54 Å². The van der Waals surface area contributed by atoms with Crippen LogP contribution in [0, 0.1) is 6.92 Å². The van der Waals surface area contributed by atoms with Crippen LogP contribution in [-0.4, -0.2) is 57.4 Å². The van der Waals surface area contributed by atoms with E-state index in [1.54, 1.807) is 41.9 Å². The van der Waals surface area contributed by atoms with E-state index in [0.29, 0.717) is 41.8 Å². The second kappa shape index (κ2) is 7.99. The van der Waals surface area contributed by atoms with Crippen LogP contribution in [-0.2, 0) is 14.8 Å². The maximum atomic E-state index is 13.3. The van der Waals surface area contributed by atoms with Crippen molar-refractivity contribution >= 4 is 38.2 Å². The topological polar surface area (TPSA) is 146 Å². The molecule has 34 heavy (non-hydrogen) atoms. The molecule has 3 aromatic heterocycles. The number of carbonyl (C=O) groups excluding carboxylic acids is 1. The fourth-order valence-electron chi connectivity index (χ4n) is 4.36. The number of aliphatic hydroxyl groups excluding tert-OH is 1. The fraction of sp³-hybridized carbons (Fsp3) is 0.318. The predicted molar refractivity (Wildman–Crippen MR) is 124 cm³/mol. The maximum absolute atomic E-state index is 13.3. The quantitative estimate of drug-likeness (QED) is 0.436. The monoisotopic (exact) mass is 484 g/mol. The number of imidazole rings is 1. The highest BCUT2D eigenvalue weighted by atomic mass is 32.2. The zero-order chi connectivity index (χ0) is 24.2. The first-order valence-corrected chi connectivity index (χ1v) is 12.2. The van der Waals surface area contributed by atoms with Gasteiger partial charge in [0.25, 0.3) is 10.0 Å². The second-order valence-corrected chi connectivity index (χ2v) is 10.2. The summed E-state index contributed by atoms with van der Waals surface area (Å²) >= 11 is 0. The molecule has 1 aromatic carbocycles. The lowest BCUT2D eigenvalue weighted by atomic mass is 10.2. The number of carbonyl (C=O) groups is 1. The molecule has 4 heterocycles. The average Bonchev–Trinajstić information content (AvgIpc) is 3.49. The van der Waals surface area contributed by atoms with Crippen molar-refractivity contribution in [2.75, 3.05) is 18.1 Å². The van der Waals surface area contributed by atoms with Crippen LogP contribution in [0.1, 0.15) is 30.8 Å². The number of aliphatic hydroxyl groups is 1. The van der Waals surface area contributed by atoms with Crippen LogP contribution in [0.25, 0.3) is 22.1 Å². The molecule has 5 rings (SSSR count). The summed E-state index contributed by atoms with van der Waals surface area (Å²) in [5.74, 6) is 0.373. The van der Waals surface area contributed by atoms with E-state index < -0.39 is 28.3 Å². The normalized spacial score (nSPS) is 17.5. The zero-order valence-corrected chi connectivity index (χ0v) is 19.4. The molecule has 1 unspecified atom stereocenters. The number of aryl methyl sites for hydroxylation is 1. The third-order valence-electron chi connectivity index (χ3n) is 5.94. The van der Waals surface area contributed by atoms with E-state index in [9.17, 15) is 18.3 Å². The summed E-state index contributed by atoms with van der Waals surface area (Å²) in [6.45, 7) is 4.36. The Morgan fingerprint density at radius 3 is 2.68 bits per heavy atom. The third-order valence-corrected chi connectivity index (χ3v) is 7.62. The van der Waals surface area contributed by atoms with Crippen LogP contribution in [0.2, 0.25) is 0 Å². The molecule has 4 aromatic rings. The molecule has 3 N–H and O–H groups in total. The van der Waals surface area contributed by atoms with Crippen molar-refractivity contribution < 1.29 is 23.1 Å². The maximum Gasteiger partial charge on any atom is 0.404 e. The summed E-state index contributed by atoms with van der Waals surface area (Å²) in [6.07, 6.45) is 1.36. The molecule has 0 saturated carbocycles. The van der Waals surface area contributed by atoms with Gasteiger partial charge in [0, 0.05) is 24.5 Å². The van der Waals surface area contributed by atoms with Gasteiger partial charge in [-0.05, 0) is 32.0 Å². The number of hydrogen-bond donors (Lipinski definition) is 2. The number of amides is 1. The van der Waals surface area contributed by atoms with Crippen LogP contribution >= 0.6 is 0 Å². The number of rotatable bonds is 5. The van der Waals surface area contributed by atoms with Gasteiger partial charge in [-0.25, -0.2) is 31.8 Å². The van der Waals surface area contributed by atoms with E-state index in [1.807, 2.05) is 11.9 Å². The van der Waals surface area contributed by atoms with Gasteiger partial charge in [-0.1, -0.05) is 17.7 Å². The van der Waals surface area contributed by atoms with E-state index in [1.165, 1.54) is 12.4 Å². The molecular weight excluding hydrogens is 460 g/mol. The van der Waals surface area contributed by atoms with Crippen LogP contribution in [0.15, 0.2) is 47.6 Å². The van der Waals surface area contributed by atoms with Crippen LogP contribution < -0.4 is 10.7 Å². The molecule has 0 spiro atoms. The fourth-order valence-corrected chi connectivity index (χ4v) is 5.66. The highest BCUT2D eigenvalue weighted by Crippen LogP contribution is 2.31. The molecule has 0 bridgehead atoms. The number of benzene rings is 1. The first-order chi connectivity index (χ1) is 16.2. The summed E-state index contributed by atoms with van der Waals surface area (Å²) in [6, 6.07) is 8.29. The van der Waals surface area contributed by atoms with Gasteiger partial charge in [-0.3, -0.25) is 0 Å². The molecule has 1 aliphatic heterocycles. The number of fused-ring (bicyclic) bond motifs is 3. The lowest BCUT2D eigenvalue weighted by Crippen LogP contribution is -2.36. The minimum atomic E-state index is -3.88. The molecular formula is C22H24N6O5S. The molecule has 1 fully saturated rings.